The van der Waals surface area contributed by atoms with Crippen LogP contribution in [0.25, 0.3) is 6.08 Å². The van der Waals surface area contributed by atoms with Gasteiger partial charge in [0.2, 0.25) is 0 Å². The third-order valence-electron chi connectivity index (χ3n) is 4.21. The van der Waals surface area contributed by atoms with Crippen LogP contribution >= 0.6 is 23.4 Å². The first-order valence-corrected chi connectivity index (χ1v) is 10.5. The minimum absolute atomic E-state index is 0.248. The molecule has 2 amide bonds. The summed E-state index contributed by atoms with van der Waals surface area (Å²) >= 11 is 7.27. The van der Waals surface area contributed by atoms with Gasteiger partial charge in [-0.05, 0) is 61.9 Å². The Morgan fingerprint density at radius 3 is 2.55 bits per heavy atom. The molecule has 152 valence electrons. The SMILES string of the molecule is CCOc1cc(/C=C2/SC(=O)N(Cc3cccc(C)c3)C2=O)cc(Cl)c1OCC. The number of benzene rings is 2. The van der Waals surface area contributed by atoms with Gasteiger partial charge in [0.25, 0.3) is 11.1 Å². The summed E-state index contributed by atoms with van der Waals surface area (Å²) in [4.78, 5) is 26.8. The number of halogens is 1. The standard InChI is InChI=1S/C22H22ClNO4S/c1-4-27-18-11-16(10-17(23)20(18)28-5-2)12-19-21(25)24(22(26)29-19)13-15-8-6-7-14(3)9-15/h6-12H,4-5,13H2,1-3H3/b19-12+. The third-order valence-corrected chi connectivity index (χ3v) is 5.40. The highest BCUT2D eigenvalue weighted by Crippen LogP contribution is 2.39. The molecule has 0 aromatic heterocycles. The molecule has 0 bridgehead atoms. The summed E-state index contributed by atoms with van der Waals surface area (Å²) in [6.45, 7) is 6.86. The second kappa shape index (κ2) is 9.37. The van der Waals surface area contributed by atoms with Gasteiger partial charge in [-0.3, -0.25) is 14.5 Å². The number of amides is 2. The maximum absolute atomic E-state index is 12.8. The summed E-state index contributed by atoms with van der Waals surface area (Å²) in [5.74, 6) is 0.664. The lowest BCUT2D eigenvalue weighted by molar-refractivity contribution is -0.123. The van der Waals surface area contributed by atoms with Crippen molar-refractivity contribution in [2.45, 2.75) is 27.3 Å². The van der Waals surface area contributed by atoms with Gasteiger partial charge in [-0.25, -0.2) is 0 Å². The highest BCUT2D eigenvalue weighted by molar-refractivity contribution is 8.18. The zero-order chi connectivity index (χ0) is 21.0. The maximum atomic E-state index is 12.8. The van der Waals surface area contributed by atoms with E-state index in [1.54, 1.807) is 18.2 Å². The number of hydrogen-bond donors (Lipinski definition) is 0. The molecule has 2 aromatic rings. The second-order valence-corrected chi connectivity index (χ2v) is 7.85. The van der Waals surface area contributed by atoms with Gasteiger partial charge in [0.05, 0.1) is 29.7 Å². The summed E-state index contributed by atoms with van der Waals surface area (Å²) < 4.78 is 11.2. The van der Waals surface area contributed by atoms with Gasteiger partial charge in [-0.2, -0.15) is 0 Å². The van der Waals surface area contributed by atoms with E-state index in [4.69, 9.17) is 21.1 Å². The van der Waals surface area contributed by atoms with Crippen LogP contribution in [0.5, 0.6) is 11.5 Å². The fourth-order valence-electron chi connectivity index (χ4n) is 3.00. The second-order valence-electron chi connectivity index (χ2n) is 6.45. The molecule has 1 fully saturated rings. The fourth-order valence-corrected chi connectivity index (χ4v) is 4.11. The quantitative estimate of drug-likeness (QED) is 0.527. The number of rotatable bonds is 7. The molecule has 0 unspecified atom stereocenters. The lowest BCUT2D eigenvalue weighted by atomic mass is 10.1. The van der Waals surface area contributed by atoms with Crippen molar-refractivity contribution in [2.24, 2.45) is 0 Å². The van der Waals surface area contributed by atoms with E-state index in [0.717, 1.165) is 22.9 Å². The zero-order valence-corrected chi connectivity index (χ0v) is 18.1. The molecule has 3 rings (SSSR count). The summed E-state index contributed by atoms with van der Waals surface area (Å²) in [6.07, 6.45) is 1.66. The number of carbonyl (C=O) groups excluding carboxylic acids is 2. The molecule has 2 aromatic carbocycles. The first kappa shape index (κ1) is 21.3. The van der Waals surface area contributed by atoms with Crippen LogP contribution in [0, 0.1) is 6.92 Å². The Morgan fingerprint density at radius 1 is 1.10 bits per heavy atom. The first-order valence-electron chi connectivity index (χ1n) is 9.33. The number of imide groups is 1. The smallest absolute Gasteiger partial charge is 0.293 e. The van der Waals surface area contributed by atoms with E-state index in [-0.39, 0.29) is 17.7 Å². The van der Waals surface area contributed by atoms with E-state index in [2.05, 4.69) is 0 Å². The molecule has 0 atom stereocenters. The number of nitrogens with zero attached hydrogens (tertiary/aromatic N) is 1. The van der Waals surface area contributed by atoms with Crippen molar-refractivity contribution < 1.29 is 19.1 Å². The van der Waals surface area contributed by atoms with Gasteiger partial charge >= 0.3 is 0 Å². The Labute approximate surface area is 179 Å². The Balaban J connectivity index is 1.87. The molecule has 0 saturated carbocycles. The Bertz CT molecular complexity index is 973. The number of hydrogen-bond acceptors (Lipinski definition) is 5. The molecule has 1 aliphatic rings. The number of ether oxygens (including phenoxy) is 2. The molecule has 7 heteroatoms. The molecule has 29 heavy (non-hydrogen) atoms. The molecule has 0 spiro atoms. The topological polar surface area (TPSA) is 55.8 Å². The van der Waals surface area contributed by atoms with Crippen molar-refractivity contribution in [3.05, 3.63) is 63.0 Å². The van der Waals surface area contributed by atoms with Crippen molar-refractivity contribution in [1.82, 2.24) is 4.90 Å². The number of thioether (sulfide) groups is 1. The van der Waals surface area contributed by atoms with Crippen LogP contribution in [0.2, 0.25) is 5.02 Å². The van der Waals surface area contributed by atoms with Crippen LogP contribution in [0.4, 0.5) is 4.79 Å². The Morgan fingerprint density at radius 2 is 1.86 bits per heavy atom. The Kier molecular flexibility index (Phi) is 6.87. The molecular formula is C22H22ClNO4S. The minimum atomic E-state index is -0.315. The lowest BCUT2D eigenvalue weighted by Gasteiger charge is -2.14. The van der Waals surface area contributed by atoms with Crippen molar-refractivity contribution in [2.75, 3.05) is 13.2 Å². The van der Waals surface area contributed by atoms with Crippen LogP contribution in [0.3, 0.4) is 0 Å². The summed E-state index contributed by atoms with van der Waals surface area (Å²) in [7, 11) is 0. The van der Waals surface area contributed by atoms with Crippen LogP contribution in [0.15, 0.2) is 41.3 Å². The molecule has 1 aliphatic heterocycles. The molecule has 5 nitrogen and oxygen atoms in total. The highest BCUT2D eigenvalue weighted by atomic mass is 35.5. The predicted octanol–water partition coefficient (Wildman–Crippen LogP) is 5.68. The molecule has 0 N–H and O–H groups in total. The maximum Gasteiger partial charge on any atom is 0.293 e. The zero-order valence-electron chi connectivity index (χ0n) is 16.5. The van der Waals surface area contributed by atoms with Gasteiger partial charge in [0, 0.05) is 0 Å². The van der Waals surface area contributed by atoms with Gasteiger partial charge in [0.1, 0.15) is 0 Å². The van der Waals surface area contributed by atoms with Crippen LogP contribution < -0.4 is 9.47 Å². The van der Waals surface area contributed by atoms with E-state index >= 15 is 0 Å². The van der Waals surface area contributed by atoms with Crippen molar-refractivity contribution >= 4 is 40.6 Å². The fraction of sp³-hybridized carbons (Fsp3) is 0.273. The lowest BCUT2D eigenvalue weighted by Crippen LogP contribution is -2.27. The molecule has 0 radical (unpaired) electrons. The van der Waals surface area contributed by atoms with E-state index in [1.165, 1.54) is 4.90 Å². The van der Waals surface area contributed by atoms with Gasteiger partial charge in [-0.15, -0.1) is 0 Å². The van der Waals surface area contributed by atoms with Gasteiger partial charge in [-0.1, -0.05) is 41.4 Å². The first-order chi connectivity index (χ1) is 13.9. The molecule has 1 saturated heterocycles. The van der Waals surface area contributed by atoms with E-state index in [0.29, 0.717) is 40.2 Å². The van der Waals surface area contributed by atoms with Gasteiger partial charge < -0.3 is 9.47 Å². The van der Waals surface area contributed by atoms with E-state index < -0.39 is 0 Å². The highest BCUT2D eigenvalue weighted by Gasteiger charge is 2.35. The summed E-state index contributed by atoms with van der Waals surface area (Å²) in [5, 5.41) is 0.105. The predicted molar refractivity (Wildman–Crippen MR) is 116 cm³/mol. The monoisotopic (exact) mass is 431 g/mol. The average Bonchev–Trinajstić information content (AvgIpc) is 2.92. The Hall–Kier alpha value is -2.44. The minimum Gasteiger partial charge on any atom is -0.490 e. The van der Waals surface area contributed by atoms with Crippen molar-refractivity contribution in [3.8, 4) is 11.5 Å². The number of aryl methyl sites for hydroxylation is 1. The molecule has 1 heterocycles. The largest absolute Gasteiger partial charge is 0.490 e. The van der Waals surface area contributed by atoms with Crippen molar-refractivity contribution in [3.63, 3.8) is 0 Å². The summed E-state index contributed by atoms with van der Waals surface area (Å²) in [6, 6.07) is 11.2. The number of carbonyl (C=O) groups is 2. The molecular weight excluding hydrogens is 410 g/mol. The van der Waals surface area contributed by atoms with E-state index in [1.807, 2.05) is 45.0 Å². The van der Waals surface area contributed by atoms with Crippen LogP contribution in [-0.4, -0.2) is 29.3 Å². The summed E-state index contributed by atoms with van der Waals surface area (Å²) in [5.41, 5.74) is 2.66. The molecule has 0 aliphatic carbocycles. The van der Waals surface area contributed by atoms with Gasteiger partial charge in [0.15, 0.2) is 11.5 Å². The average molecular weight is 432 g/mol. The van der Waals surface area contributed by atoms with Crippen LogP contribution in [-0.2, 0) is 11.3 Å². The normalized spacial score (nSPS) is 15.3. The van der Waals surface area contributed by atoms with E-state index in [9.17, 15) is 9.59 Å². The van der Waals surface area contributed by atoms with Crippen molar-refractivity contribution in [1.29, 1.82) is 0 Å². The third kappa shape index (κ3) is 4.95. The van der Waals surface area contributed by atoms with Crippen LogP contribution in [0.1, 0.15) is 30.5 Å².